The highest BCUT2D eigenvalue weighted by Crippen LogP contribution is 2.24. The van der Waals surface area contributed by atoms with Gasteiger partial charge in [-0.1, -0.05) is 48.5 Å². The summed E-state index contributed by atoms with van der Waals surface area (Å²) in [5, 5.41) is 12.1. The van der Waals surface area contributed by atoms with Gasteiger partial charge in [0.2, 0.25) is 5.91 Å². The highest BCUT2D eigenvalue weighted by Gasteiger charge is 2.32. The first-order valence-corrected chi connectivity index (χ1v) is 9.26. The SMILES string of the molecule is C[C@@H]1C(=O)N(Cc2ccccc2)Cc2nnc(CCNc3ccccc3)n21. The number of hydrogen-bond donors (Lipinski definition) is 1. The molecule has 138 valence electrons. The molecule has 0 aliphatic carbocycles. The van der Waals surface area contributed by atoms with Crippen molar-refractivity contribution < 1.29 is 4.79 Å². The zero-order chi connectivity index (χ0) is 18.6. The van der Waals surface area contributed by atoms with Crippen molar-refractivity contribution in [3.8, 4) is 0 Å². The summed E-state index contributed by atoms with van der Waals surface area (Å²) in [5.74, 6) is 1.82. The maximum absolute atomic E-state index is 12.9. The fraction of sp³-hybridized carbons (Fsp3) is 0.286. The van der Waals surface area contributed by atoms with E-state index in [1.807, 2.05) is 77.1 Å². The number of nitrogens with one attached hydrogen (secondary N) is 1. The molecule has 1 aromatic heterocycles. The summed E-state index contributed by atoms with van der Waals surface area (Å²) in [4.78, 5) is 14.7. The number of carbonyl (C=O) groups is 1. The number of rotatable bonds is 6. The topological polar surface area (TPSA) is 63.1 Å². The van der Waals surface area contributed by atoms with E-state index in [9.17, 15) is 4.79 Å². The van der Waals surface area contributed by atoms with Gasteiger partial charge in [-0.05, 0) is 24.6 Å². The van der Waals surface area contributed by atoms with E-state index in [-0.39, 0.29) is 11.9 Å². The standard InChI is InChI=1S/C21H23N5O/c1-16-21(27)25(14-17-8-4-2-5-9-17)15-20-24-23-19(26(16)20)12-13-22-18-10-6-3-7-11-18/h2-11,16,22H,12-15H2,1H3/t16-/m1/s1. The largest absolute Gasteiger partial charge is 0.385 e. The van der Waals surface area contributed by atoms with E-state index >= 15 is 0 Å². The number of amides is 1. The third-order valence-electron chi connectivity index (χ3n) is 4.89. The number of nitrogens with zero attached hydrogens (tertiary/aromatic N) is 4. The molecule has 0 radical (unpaired) electrons. The molecule has 0 fully saturated rings. The van der Waals surface area contributed by atoms with Gasteiger partial charge in [-0.2, -0.15) is 0 Å². The molecule has 6 nitrogen and oxygen atoms in total. The molecule has 1 aliphatic rings. The molecular weight excluding hydrogens is 338 g/mol. The summed E-state index contributed by atoms with van der Waals surface area (Å²) < 4.78 is 2.00. The normalized spacial score (nSPS) is 16.3. The van der Waals surface area contributed by atoms with Crippen molar-refractivity contribution in [2.45, 2.75) is 32.5 Å². The summed E-state index contributed by atoms with van der Waals surface area (Å²) in [6, 6.07) is 19.8. The zero-order valence-corrected chi connectivity index (χ0v) is 15.4. The molecule has 0 saturated heterocycles. The van der Waals surface area contributed by atoms with Crippen LogP contribution in [0, 0.1) is 0 Å². The molecular formula is C21H23N5O. The Bertz CT molecular complexity index is 893. The van der Waals surface area contributed by atoms with Gasteiger partial charge in [0.05, 0.1) is 6.54 Å². The molecule has 0 spiro atoms. The second kappa shape index (κ2) is 7.61. The van der Waals surface area contributed by atoms with Crippen molar-refractivity contribution in [1.29, 1.82) is 0 Å². The van der Waals surface area contributed by atoms with Crippen molar-refractivity contribution in [3.63, 3.8) is 0 Å². The highest BCUT2D eigenvalue weighted by molar-refractivity contribution is 5.81. The summed E-state index contributed by atoms with van der Waals surface area (Å²) in [6.45, 7) is 3.77. The Hall–Kier alpha value is -3.15. The fourth-order valence-electron chi connectivity index (χ4n) is 3.52. The van der Waals surface area contributed by atoms with Crippen LogP contribution in [0.3, 0.4) is 0 Å². The van der Waals surface area contributed by atoms with E-state index in [0.717, 1.165) is 35.9 Å². The maximum Gasteiger partial charge on any atom is 0.246 e. The molecule has 1 amide bonds. The summed E-state index contributed by atoms with van der Waals surface area (Å²) in [6.07, 6.45) is 0.720. The van der Waals surface area contributed by atoms with Crippen LogP contribution in [-0.2, 0) is 24.3 Å². The predicted molar refractivity (Wildman–Crippen MR) is 104 cm³/mol. The lowest BCUT2D eigenvalue weighted by atomic mass is 10.1. The van der Waals surface area contributed by atoms with Crippen LogP contribution in [0.2, 0.25) is 0 Å². The minimum Gasteiger partial charge on any atom is -0.385 e. The first kappa shape index (κ1) is 17.3. The van der Waals surface area contributed by atoms with E-state index in [1.165, 1.54) is 0 Å². The van der Waals surface area contributed by atoms with E-state index in [1.54, 1.807) is 0 Å². The van der Waals surface area contributed by atoms with E-state index in [0.29, 0.717) is 13.1 Å². The third-order valence-corrected chi connectivity index (χ3v) is 4.89. The van der Waals surface area contributed by atoms with Gasteiger partial charge in [0.15, 0.2) is 5.82 Å². The molecule has 6 heteroatoms. The second-order valence-corrected chi connectivity index (χ2v) is 6.80. The van der Waals surface area contributed by atoms with Gasteiger partial charge in [-0.15, -0.1) is 10.2 Å². The Morgan fingerprint density at radius 2 is 1.74 bits per heavy atom. The first-order valence-electron chi connectivity index (χ1n) is 9.26. The molecule has 2 heterocycles. The van der Waals surface area contributed by atoms with Crippen LogP contribution < -0.4 is 5.32 Å². The molecule has 3 aromatic rings. The van der Waals surface area contributed by atoms with Gasteiger partial charge in [0.1, 0.15) is 11.9 Å². The van der Waals surface area contributed by atoms with E-state index in [4.69, 9.17) is 0 Å². The summed E-state index contributed by atoms with van der Waals surface area (Å²) in [7, 11) is 0. The van der Waals surface area contributed by atoms with E-state index in [2.05, 4.69) is 15.5 Å². The summed E-state index contributed by atoms with van der Waals surface area (Å²) >= 11 is 0. The van der Waals surface area contributed by atoms with Crippen molar-refractivity contribution in [1.82, 2.24) is 19.7 Å². The second-order valence-electron chi connectivity index (χ2n) is 6.80. The molecule has 0 unspecified atom stereocenters. The zero-order valence-electron chi connectivity index (χ0n) is 15.4. The Morgan fingerprint density at radius 3 is 2.48 bits per heavy atom. The number of fused-ring (bicyclic) bond motifs is 1. The van der Waals surface area contributed by atoms with Crippen molar-refractivity contribution in [3.05, 3.63) is 77.9 Å². The summed E-state index contributed by atoms with van der Waals surface area (Å²) in [5.41, 5.74) is 2.20. The smallest absolute Gasteiger partial charge is 0.246 e. The minimum atomic E-state index is -0.279. The van der Waals surface area contributed by atoms with Crippen LogP contribution in [0.25, 0.3) is 0 Å². The number of aromatic nitrogens is 3. The van der Waals surface area contributed by atoms with Crippen molar-refractivity contribution in [2.75, 3.05) is 11.9 Å². The number of anilines is 1. The molecule has 0 saturated carbocycles. The molecule has 2 aromatic carbocycles. The number of carbonyl (C=O) groups excluding carboxylic acids is 1. The number of hydrogen-bond acceptors (Lipinski definition) is 4. The van der Waals surface area contributed by atoms with Crippen molar-refractivity contribution in [2.24, 2.45) is 0 Å². The van der Waals surface area contributed by atoms with Crippen LogP contribution in [0.15, 0.2) is 60.7 Å². The van der Waals surface area contributed by atoms with Gasteiger partial charge >= 0.3 is 0 Å². The van der Waals surface area contributed by atoms with Gasteiger partial charge in [-0.25, -0.2) is 0 Å². The van der Waals surface area contributed by atoms with Crippen molar-refractivity contribution >= 4 is 11.6 Å². The lowest BCUT2D eigenvalue weighted by molar-refractivity contribution is -0.137. The van der Waals surface area contributed by atoms with Crippen LogP contribution >= 0.6 is 0 Å². The van der Waals surface area contributed by atoms with Crippen LogP contribution in [0.1, 0.15) is 30.2 Å². The van der Waals surface area contributed by atoms with Crippen LogP contribution in [0.5, 0.6) is 0 Å². The predicted octanol–water partition coefficient (Wildman–Crippen LogP) is 3.04. The Balaban J connectivity index is 1.45. The maximum atomic E-state index is 12.9. The van der Waals surface area contributed by atoms with Gasteiger partial charge < -0.3 is 14.8 Å². The molecule has 1 N–H and O–H groups in total. The average molecular weight is 361 g/mol. The third kappa shape index (κ3) is 3.69. The lowest BCUT2D eigenvalue weighted by Crippen LogP contribution is -2.41. The van der Waals surface area contributed by atoms with Crippen LogP contribution in [0.4, 0.5) is 5.69 Å². The Kier molecular flexibility index (Phi) is 4.87. The molecule has 1 aliphatic heterocycles. The quantitative estimate of drug-likeness (QED) is 0.733. The van der Waals surface area contributed by atoms with Crippen LogP contribution in [-0.4, -0.2) is 32.1 Å². The number of para-hydroxylation sites is 1. The molecule has 4 rings (SSSR count). The fourth-order valence-corrected chi connectivity index (χ4v) is 3.52. The minimum absolute atomic E-state index is 0.114. The van der Waals surface area contributed by atoms with Gasteiger partial charge in [0.25, 0.3) is 0 Å². The number of benzene rings is 2. The molecule has 0 bridgehead atoms. The monoisotopic (exact) mass is 361 g/mol. The Morgan fingerprint density at radius 1 is 1.04 bits per heavy atom. The molecule has 1 atom stereocenters. The molecule has 27 heavy (non-hydrogen) atoms. The average Bonchev–Trinajstić information content (AvgIpc) is 3.10. The van der Waals surface area contributed by atoms with Gasteiger partial charge in [0, 0.05) is 25.2 Å². The van der Waals surface area contributed by atoms with Gasteiger partial charge in [-0.3, -0.25) is 4.79 Å². The highest BCUT2D eigenvalue weighted by atomic mass is 16.2. The lowest BCUT2D eigenvalue weighted by Gasteiger charge is -2.32. The first-order chi connectivity index (χ1) is 13.2. The van der Waals surface area contributed by atoms with E-state index < -0.39 is 0 Å². The Labute approximate surface area is 158 Å².